The van der Waals surface area contributed by atoms with Crippen molar-refractivity contribution < 1.29 is 9.62 Å². The molecule has 0 amide bonds. The molecule has 0 aliphatic carbocycles. The summed E-state index contributed by atoms with van der Waals surface area (Å²) in [6.07, 6.45) is 3.32. The van der Waals surface area contributed by atoms with E-state index in [2.05, 4.69) is 10.1 Å². The molecule has 2 heterocycles. The third-order valence-corrected chi connectivity index (χ3v) is 3.61. The van der Waals surface area contributed by atoms with Crippen molar-refractivity contribution in [3.05, 3.63) is 47.7 Å². The van der Waals surface area contributed by atoms with Crippen molar-refractivity contribution in [1.29, 1.82) is 0 Å². The molecule has 5 nitrogen and oxygen atoms in total. The highest BCUT2D eigenvalue weighted by molar-refractivity contribution is 7.98. The predicted octanol–water partition coefficient (Wildman–Crippen LogP) is 2.37. The monoisotopic (exact) mass is 263 g/mol. The van der Waals surface area contributed by atoms with E-state index in [4.69, 9.17) is 15.4 Å². The number of oxime groups is 1. The van der Waals surface area contributed by atoms with Crippen LogP contribution in [-0.2, 0) is 5.75 Å². The number of aryl methyl sites for hydroxylation is 1. The van der Waals surface area contributed by atoms with Crippen molar-refractivity contribution in [3.8, 4) is 0 Å². The second-order valence-electron chi connectivity index (χ2n) is 3.66. The molecule has 0 fully saturated rings. The predicted molar refractivity (Wildman–Crippen MR) is 69.8 cm³/mol. The Bertz CT molecular complexity index is 566. The molecule has 0 atom stereocenters. The van der Waals surface area contributed by atoms with Crippen LogP contribution in [0.3, 0.4) is 0 Å². The summed E-state index contributed by atoms with van der Waals surface area (Å²) in [6, 6.07) is 5.64. The third-order valence-electron chi connectivity index (χ3n) is 2.40. The fourth-order valence-corrected chi connectivity index (χ4v) is 2.34. The maximum Gasteiger partial charge on any atom is 0.188 e. The van der Waals surface area contributed by atoms with Gasteiger partial charge in [-0.05, 0) is 30.7 Å². The van der Waals surface area contributed by atoms with Crippen molar-refractivity contribution in [1.82, 2.24) is 4.98 Å². The third kappa shape index (κ3) is 2.84. The van der Waals surface area contributed by atoms with Gasteiger partial charge in [0.05, 0.1) is 6.26 Å². The number of nitrogens with zero attached hydrogens (tertiary/aromatic N) is 2. The minimum atomic E-state index is 0.0151. The first kappa shape index (κ1) is 12.5. The van der Waals surface area contributed by atoms with Gasteiger partial charge in [0.25, 0.3) is 0 Å². The number of aromatic nitrogens is 1. The van der Waals surface area contributed by atoms with E-state index in [0.717, 1.165) is 22.0 Å². The summed E-state index contributed by atoms with van der Waals surface area (Å²) in [4.78, 5) is 5.14. The number of thioether (sulfide) groups is 1. The second-order valence-corrected chi connectivity index (χ2v) is 4.68. The standard InChI is InChI=1S/C12H13N3O2S/c1-8-11(3-5-17-8)18-7-9-2-4-14-10(6-9)12(13)15-16/h2-6,16H,7H2,1H3,(H2,13,15). The van der Waals surface area contributed by atoms with Crippen molar-refractivity contribution in [2.24, 2.45) is 10.9 Å². The SMILES string of the molecule is Cc1occc1SCc1ccnc(/C(N)=N/O)c1. The number of furan rings is 1. The molecular weight excluding hydrogens is 250 g/mol. The molecule has 0 aliphatic rings. The molecule has 0 saturated heterocycles. The first-order valence-electron chi connectivity index (χ1n) is 5.30. The van der Waals surface area contributed by atoms with E-state index in [1.165, 1.54) is 0 Å². The maximum absolute atomic E-state index is 8.60. The minimum Gasteiger partial charge on any atom is -0.468 e. The highest BCUT2D eigenvalue weighted by atomic mass is 32.2. The van der Waals surface area contributed by atoms with Crippen LogP contribution in [0.4, 0.5) is 0 Å². The van der Waals surface area contributed by atoms with Gasteiger partial charge in [0.1, 0.15) is 11.5 Å². The van der Waals surface area contributed by atoms with Crippen molar-refractivity contribution in [2.75, 3.05) is 0 Å². The molecule has 0 saturated carbocycles. The Hall–Kier alpha value is -1.95. The van der Waals surface area contributed by atoms with Gasteiger partial charge in [-0.3, -0.25) is 4.98 Å². The number of amidine groups is 1. The molecule has 6 heteroatoms. The van der Waals surface area contributed by atoms with Gasteiger partial charge in [0, 0.05) is 16.8 Å². The molecule has 3 N–H and O–H groups in total. The zero-order valence-electron chi connectivity index (χ0n) is 9.83. The van der Waals surface area contributed by atoms with Crippen LogP contribution in [0.5, 0.6) is 0 Å². The Morgan fingerprint density at radius 3 is 3.06 bits per heavy atom. The highest BCUT2D eigenvalue weighted by Gasteiger charge is 2.05. The Morgan fingerprint density at radius 1 is 1.56 bits per heavy atom. The van der Waals surface area contributed by atoms with Gasteiger partial charge in [-0.2, -0.15) is 0 Å². The molecule has 0 aromatic carbocycles. The molecule has 0 unspecified atom stereocenters. The first-order chi connectivity index (χ1) is 8.70. The van der Waals surface area contributed by atoms with E-state index >= 15 is 0 Å². The van der Waals surface area contributed by atoms with Crippen molar-refractivity contribution in [3.63, 3.8) is 0 Å². The van der Waals surface area contributed by atoms with Crippen molar-refractivity contribution in [2.45, 2.75) is 17.6 Å². The minimum absolute atomic E-state index is 0.0151. The summed E-state index contributed by atoms with van der Waals surface area (Å²) < 4.78 is 5.23. The van der Waals surface area contributed by atoms with E-state index in [9.17, 15) is 0 Å². The molecule has 0 bridgehead atoms. The van der Waals surface area contributed by atoms with Gasteiger partial charge >= 0.3 is 0 Å². The fraction of sp³-hybridized carbons (Fsp3) is 0.167. The molecule has 0 radical (unpaired) electrons. The summed E-state index contributed by atoms with van der Waals surface area (Å²) in [6.45, 7) is 1.93. The molecule has 0 aliphatic heterocycles. The lowest BCUT2D eigenvalue weighted by atomic mass is 10.2. The van der Waals surface area contributed by atoms with Crippen LogP contribution < -0.4 is 5.73 Å². The van der Waals surface area contributed by atoms with E-state index in [-0.39, 0.29) is 5.84 Å². The summed E-state index contributed by atoms with van der Waals surface area (Å²) in [5, 5.41) is 11.5. The lowest BCUT2D eigenvalue weighted by Gasteiger charge is -2.03. The van der Waals surface area contributed by atoms with Gasteiger partial charge in [-0.15, -0.1) is 11.8 Å². The number of pyridine rings is 1. The average molecular weight is 263 g/mol. The Kier molecular flexibility index (Phi) is 3.88. The molecule has 2 aromatic rings. The Balaban J connectivity index is 2.08. The number of hydrogen-bond donors (Lipinski definition) is 2. The van der Waals surface area contributed by atoms with Gasteiger partial charge in [-0.25, -0.2) is 0 Å². The van der Waals surface area contributed by atoms with Crippen LogP contribution in [-0.4, -0.2) is 16.0 Å². The topological polar surface area (TPSA) is 84.6 Å². The Morgan fingerprint density at radius 2 is 2.39 bits per heavy atom. The quantitative estimate of drug-likeness (QED) is 0.291. The van der Waals surface area contributed by atoms with Crippen LogP contribution in [0.2, 0.25) is 0 Å². The van der Waals surface area contributed by atoms with E-state index in [1.54, 1.807) is 30.3 Å². The number of hydrogen-bond acceptors (Lipinski definition) is 5. The maximum atomic E-state index is 8.60. The Labute approximate surface area is 109 Å². The molecule has 94 valence electrons. The lowest BCUT2D eigenvalue weighted by molar-refractivity contribution is 0.318. The number of rotatable bonds is 4. The molecule has 18 heavy (non-hydrogen) atoms. The second kappa shape index (κ2) is 5.59. The number of nitrogens with two attached hydrogens (primary N) is 1. The summed E-state index contributed by atoms with van der Waals surface area (Å²) in [7, 11) is 0. The van der Waals surface area contributed by atoms with Gasteiger partial charge in [0.15, 0.2) is 5.84 Å². The van der Waals surface area contributed by atoms with E-state index in [0.29, 0.717) is 5.69 Å². The zero-order chi connectivity index (χ0) is 13.0. The van der Waals surface area contributed by atoms with Crippen molar-refractivity contribution >= 4 is 17.6 Å². The van der Waals surface area contributed by atoms with E-state index in [1.807, 2.05) is 19.1 Å². The summed E-state index contributed by atoms with van der Waals surface area (Å²) in [5.74, 6) is 1.70. The summed E-state index contributed by atoms with van der Waals surface area (Å²) >= 11 is 1.67. The first-order valence-corrected chi connectivity index (χ1v) is 6.29. The molecular formula is C12H13N3O2S. The zero-order valence-corrected chi connectivity index (χ0v) is 10.6. The van der Waals surface area contributed by atoms with Crippen LogP contribution in [0, 0.1) is 6.92 Å². The normalized spacial score (nSPS) is 11.7. The largest absolute Gasteiger partial charge is 0.468 e. The smallest absolute Gasteiger partial charge is 0.188 e. The van der Waals surface area contributed by atoms with Gasteiger partial charge in [-0.1, -0.05) is 5.16 Å². The molecule has 2 aromatic heterocycles. The highest BCUT2D eigenvalue weighted by Crippen LogP contribution is 2.26. The van der Waals surface area contributed by atoms with E-state index < -0.39 is 0 Å². The lowest BCUT2D eigenvalue weighted by Crippen LogP contribution is -2.15. The molecule has 0 spiro atoms. The fourth-order valence-electron chi connectivity index (χ4n) is 1.44. The van der Waals surface area contributed by atoms with Gasteiger partial charge < -0.3 is 15.4 Å². The van der Waals surface area contributed by atoms with Crippen LogP contribution in [0.15, 0.2) is 45.1 Å². The average Bonchev–Trinajstić information content (AvgIpc) is 2.81. The molecule has 2 rings (SSSR count). The van der Waals surface area contributed by atoms with Crippen LogP contribution in [0.25, 0.3) is 0 Å². The van der Waals surface area contributed by atoms with Crippen LogP contribution >= 0.6 is 11.8 Å². The summed E-state index contributed by atoms with van der Waals surface area (Å²) in [5.41, 5.74) is 7.02. The van der Waals surface area contributed by atoms with Crippen LogP contribution in [0.1, 0.15) is 17.0 Å². The van der Waals surface area contributed by atoms with Gasteiger partial charge in [0.2, 0.25) is 0 Å².